The van der Waals surface area contributed by atoms with Crippen molar-refractivity contribution in [1.29, 1.82) is 0 Å². The maximum absolute atomic E-state index is 14.9. The molecule has 1 aliphatic carbocycles. The van der Waals surface area contributed by atoms with Gasteiger partial charge in [0.25, 0.3) is 0 Å². The minimum atomic E-state index is -1.61. The number of aromatic nitrogens is 1. The molecule has 2 aromatic rings. The Bertz CT molecular complexity index is 988. The summed E-state index contributed by atoms with van der Waals surface area (Å²) in [5.41, 5.74) is -0.127. The SMILES string of the molecule is O=C(O)Oc1cn(C2CC2)c2c(Cl)c(N3CC[C@@H](CO)C3)c(F)cc2c1=O. The summed E-state index contributed by atoms with van der Waals surface area (Å²) in [7, 11) is 0. The number of benzene rings is 1. The van der Waals surface area contributed by atoms with Crippen molar-refractivity contribution < 1.29 is 24.1 Å². The van der Waals surface area contributed by atoms with Crippen LogP contribution in [0.1, 0.15) is 25.3 Å². The summed E-state index contributed by atoms with van der Waals surface area (Å²) in [6, 6.07) is 1.16. The second kappa shape index (κ2) is 6.69. The monoisotopic (exact) mass is 396 g/mol. The van der Waals surface area contributed by atoms with E-state index in [1.54, 1.807) is 9.47 Å². The lowest BCUT2D eigenvalue weighted by Crippen LogP contribution is -2.23. The summed E-state index contributed by atoms with van der Waals surface area (Å²) in [6.45, 7) is 1.06. The van der Waals surface area contributed by atoms with E-state index in [1.165, 1.54) is 6.20 Å². The van der Waals surface area contributed by atoms with Crippen molar-refractivity contribution in [1.82, 2.24) is 4.57 Å². The van der Waals surface area contributed by atoms with Crippen molar-refractivity contribution in [3.8, 4) is 5.75 Å². The molecule has 0 spiro atoms. The third-order valence-electron chi connectivity index (χ3n) is 5.15. The first-order valence-corrected chi connectivity index (χ1v) is 9.12. The highest BCUT2D eigenvalue weighted by atomic mass is 35.5. The first-order valence-electron chi connectivity index (χ1n) is 8.74. The lowest BCUT2D eigenvalue weighted by atomic mass is 10.1. The number of fused-ring (bicyclic) bond motifs is 1. The van der Waals surface area contributed by atoms with Crippen molar-refractivity contribution in [3.63, 3.8) is 0 Å². The van der Waals surface area contributed by atoms with Crippen LogP contribution < -0.4 is 15.1 Å². The quantitative estimate of drug-likeness (QED) is 0.772. The van der Waals surface area contributed by atoms with Crippen molar-refractivity contribution >= 4 is 34.3 Å². The highest BCUT2D eigenvalue weighted by Gasteiger charge is 2.31. The summed E-state index contributed by atoms with van der Waals surface area (Å²) in [5, 5.41) is 18.3. The average Bonchev–Trinajstić information content (AvgIpc) is 3.35. The van der Waals surface area contributed by atoms with Crippen LogP contribution in [0.15, 0.2) is 17.1 Å². The number of halogens is 2. The van der Waals surface area contributed by atoms with Gasteiger partial charge in [-0.15, -0.1) is 0 Å². The second-order valence-electron chi connectivity index (χ2n) is 7.03. The summed E-state index contributed by atoms with van der Waals surface area (Å²) >= 11 is 6.56. The van der Waals surface area contributed by atoms with Crippen molar-refractivity contribution in [2.24, 2.45) is 5.92 Å². The van der Waals surface area contributed by atoms with Gasteiger partial charge < -0.3 is 24.4 Å². The Morgan fingerprint density at radius 2 is 2.11 bits per heavy atom. The van der Waals surface area contributed by atoms with Crippen LogP contribution in [0, 0.1) is 11.7 Å². The molecular formula is C18H18ClFN2O5. The maximum atomic E-state index is 14.9. The van der Waals surface area contributed by atoms with Crippen molar-refractivity contribution in [2.75, 3.05) is 24.6 Å². The van der Waals surface area contributed by atoms with Crippen molar-refractivity contribution in [3.05, 3.63) is 33.3 Å². The van der Waals surface area contributed by atoms with Crippen LogP contribution in [0.25, 0.3) is 10.9 Å². The minimum Gasteiger partial charge on any atom is -0.449 e. The van der Waals surface area contributed by atoms with Crippen LogP contribution >= 0.6 is 11.6 Å². The third kappa shape index (κ3) is 3.12. The molecule has 2 fully saturated rings. The molecule has 0 radical (unpaired) electrons. The van der Waals surface area contributed by atoms with Gasteiger partial charge in [-0.1, -0.05) is 11.6 Å². The fourth-order valence-corrected chi connectivity index (χ4v) is 4.10. The lowest BCUT2D eigenvalue weighted by Gasteiger charge is -2.23. The first-order chi connectivity index (χ1) is 12.9. The number of aliphatic hydroxyl groups excluding tert-OH is 1. The molecule has 1 aliphatic heterocycles. The zero-order valence-electron chi connectivity index (χ0n) is 14.3. The topological polar surface area (TPSA) is 92.0 Å². The van der Waals surface area contributed by atoms with Crippen LogP contribution in [-0.4, -0.2) is 40.6 Å². The van der Waals surface area contributed by atoms with Gasteiger partial charge in [0.15, 0.2) is 5.75 Å². The number of ether oxygens (including phenoxy) is 1. The molecular weight excluding hydrogens is 379 g/mol. The van der Waals surface area contributed by atoms with Gasteiger partial charge in [0.05, 0.1) is 27.8 Å². The Labute approximate surface area is 158 Å². The standard InChI is InChI=1S/C18H18ClFN2O5/c19-14-15-11(5-12(20)16(14)21-4-3-9(6-21)8-23)17(24)13(27-18(25)26)7-22(15)10-1-2-10/h5,7,9-10,23H,1-4,6,8H2,(H,25,26)/t9-/m1/s1. The fourth-order valence-electron chi connectivity index (χ4n) is 3.69. The predicted molar refractivity (Wildman–Crippen MR) is 97.5 cm³/mol. The largest absolute Gasteiger partial charge is 0.511 e. The molecule has 1 aromatic heterocycles. The molecule has 0 unspecified atom stereocenters. The molecule has 2 aliphatic rings. The van der Waals surface area contributed by atoms with Gasteiger partial charge in [0.1, 0.15) is 5.82 Å². The molecule has 2 N–H and O–H groups in total. The van der Waals surface area contributed by atoms with Crippen LogP contribution in [0.5, 0.6) is 5.75 Å². The Balaban J connectivity index is 1.93. The van der Waals surface area contributed by atoms with Gasteiger partial charge in [-0.05, 0) is 25.3 Å². The molecule has 1 saturated carbocycles. The molecule has 9 heteroatoms. The fraction of sp³-hybridized carbons (Fsp3) is 0.444. The number of aliphatic hydroxyl groups is 1. The van der Waals surface area contributed by atoms with E-state index in [0.29, 0.717) is 18.6 Å². The zero-order chi connectivity index (χ0) is 19.3. The Hall–Kier alpha value is -2.32. The molecule has 4 rings (SSSR count). The Kier molecular flexibility index (Phi) is 4.47. The van der Waals surface area contributed by atoms with Gasteiger partial charge in [-0.3, -0.25) is 4.79 Å². The predicted octanol–water partition coefficient (Wildman–Crippen LogP) is 3.00. The Morgan fingerprint density at radius 1 is 1.37 bits per heavy atom. The number of rotatable bonds is 4. The van der Waals surface area contributed by atoms with Gasteiger partial charge in [0, 0.05) is 31.7 Å². The number of anilines is 1. The molecule has 27 heavy (non-hydrogen) atoms. The van der Waals surface area contributed by atoms with E-state index in [2.05, 4.69) is 4.74 Å². The van der Waals surface area contributed by atoms with Crippen molar-refractivity contribution in [2.45, 2.75) is 25.3 Å². The molecule has 1 aromatic carbocycles. The van der Waals surface area contributed by atoms with E-state index in [9.17, 15) is 19.1 Å². The number of carboxylic acid groups (broad SMARTS) is 1. The first kappa shape index (κ1) is 18.1. The second-order valence-corrected chi connectivity index (χ2v) is 7.41. The average molecular weight is 397 g/mol. The van der Waals surface area contributed by atoms with Crippen LogP contribution in [-0.2, 0) is 0 Å². The van der Waals surface area contributed by atoms with Gasteiger partial charge >= 0.3 is 6.16 Å². The molecule has 1 atom stereocenters. The summed E-state index contributed by atoms with van der Waals surface area (Å²) in [6.07, 6.45) is 2.16. The van der Waals surface area contributed by atoms with E-state index in [4.69, 9.17) is 16.7 Å². The third-order valence-corrected chi connectivity index (χ3v) is 5.51. The molecule has 1 saturated heterocycles. The molecule has 144 valence electrons. The maximum Gasteiger partial charge on any atom is 0.511 e. The van der Waals surface area contributed by atoms with E-state index in [0.717, 1.165) is 25.3 Å². The number of nitrogens with zero attached hydrogens (tertiary/aromatic N) is 2. The Morgan fingerprint density at radius 3 is 2.70 bits per heavy atom. The number of hydrogen-bond acceptors (Lipinski definition) is 5. The van der Waals surface area contributed by atoms with Gasteiger partial charge in [-0.25, -0.2) is 9.18 Å². The van der Waals surface area contributed by atoms with Gasteiger partial charge in [0.2, 0.25) is 5.43 Å². The summed E-state index contributed by atoms with van der Waals surface area (Å²) in [4.78, 5) is 25.3. The highest BCUT2D eigenvalue weighted by Crippen LogP contribution is 2.43. The van der Waals surface area contributed by atoms with Crippen LogP contribution in [0.3, 0.4) is 0 Å². The minimum absolute atomic E-state index is 0.00944. The smallest absolute Gasteiger partial charge is 0.449 e. The summed E-state index contributed by atoms with van der Waals surface area (Å²) < 4.78 is 21.2. The number of carbonyl (C=O) groups is 1. The molecule has 7 nitrogen and oxygen atoms in total. The van der Waals surface area contributed by atoms with E-state index in [-0.39, 0.29) is 40.4 Å². The van der Waals surface area contributed by atoms with E-state index < -0.39 is 17.4 Å². The van der Waals surface area contributed by atoms with Crippen LogP contribution in [0.4, 0.5) is 14.9 Å². The van der Waals surface area contributed by atoms with E-state index >= 15 is 0 Å². The highest BCUT2D eigenvalue weighted by molar-refractivity contribution is 6.38. The molecule has 2 heterocycles. The zero-order valence-corrected chi connectivity index (χ0v) is 15.1. The molecule has 0 bridgehead atoms. The summed E-state index contributed by atoms with van der Waals surface area (Å²) in [5.74, 6) is -0.974. The van der Waals surface area contributed by atoms with Gasteiger partial charge in [-0.2, -0.15) is 0 Å². The number of hydrogen-bond donors (Lipinski definition) is 2. The number of pyridine rings is 1. The normalized spacial score (nSPS) is 19.7. The molecule has 0 amide bonds. The van der Waals surface area contributed by atoms with E-state index in [1.807, 2.05) is 0 Å². The lowest BCUT2D eigenvalue weighted by molar-refractivity contribution is 0.143. The van der Waals surface area contributed by atoms with Crippen LogP contribution in [0.2, 0.25) is 5.02 Å².